The fraction of sp³-hybridized carbons (Fsp3) is 0.556. The molecule has 15 heteroatoms. The zero-order valence-electron chi connectivity index (χ0n) is 23.9. The van der Waals surface area contributed by atoms with Crippen molar-refractivity contribution in [3.05, 3.63) is 36.7 Å². The molecule has 0 amide bonds. The Bertz CT molecular complexity index is 1450. The second kappa shape index (κ2) is 12.1. The molecule has 2 aliphatic rings. The summed E-state index contributed by atoms with van der Waals surface area (Å²) in [4.78, 5) is 25.3. The number of rotatable bonds is 12. The lowest BCUT2D eigenvalue weighted by atomic mass is 9.86. The Morgan fingerprint density at radius 1 is 1.26 bits per heavy atom. The van der Waals surface area contributed by atoms with E-state index >= 15 is 0 Å². The van der Waals surface area contributed by atoms with Crippen LogP contribution in [0.2, 0.25) is 0 Å². The number of anilines is 1. The van der Waals surface area contributed by atoms with Gasteiger partial charge in [-0.3, -0.25) is 13.9 Å². The minimum Gasteiger partial charge on any atom is -0.479 e. The van der Waals surface area contributed by atoms with Gasteiger partial charge in [-0.1, -0.05) is 39.0 Å². The fourth-order valence-corrected chi connectivity index (χ4v) is 6.85. The van der Waals surface area contributed by atoms with E-state index in [-0.39, 0.29) is 37.1 Å². The molecule has 0 bridgehead atoms. The van der Waals surface area contributed by atoms with Crippen molar-refractivity contribution in [1.29, 1.82) is 0 Å². The highest BCUT2D eigenvalue weighted by atomic mass is 31.2. The number of fused-ring (bicyclic) bond motifs is 1. The molecule has 2 fully saturated rings. The molecule has 14 nitrogen and oxygen atoms in total. The number of aromatic nitrogens is 4. The number of nitrogens with two attached hydrogens (primary N) is 1. The van der Waals surface area contributed by atoms with Gasteiger partial charge in [-0.05, 0) is 18.1 Å². The molecule has 1 spiro atoms. The van der Waals surface area contributed by atoms with Crippen LogP contribution >= 0.6 is 7.60 Å². The molecule has 2 aliphatic heterocycles. The summed E-state index contributed by atoms with van der Waals surface area (Å²) in [6, 6.07) is 8.52. The summed E-state index contributed by atoms with van der Waals surface area (Å²) in [7, 11) is -2.51. The van der Waals surface area contributed by atoms with E-state index in [1.165, 1.54) is 13.4 Å². The number of carbonyl (C=O) groups is 1. The maximum absolute atomic E-state index is 14.1. The number of methoxy groups -OCH3 is 1. The quantitative estimate of drug-likeness (QED) is 0.227. The first-order chi connectivity index (χ1) is 20.0. The van der Waals surface area contributed by atoms with Crippen LogP contribution in [0.15, 0.2) is 36.7 Å². The van der Waals surface area contributed by atoms with Gasteiger partial charge in [-0.25, -0.2) is 9.55 Å². The van der Waals surface area contributed by atoms with Gasteiger partial charge in [0.05, 0.1) is 45.3 Å². The van der Waals surface area contributed by atoms with Crippen LogP contribution < -0.4 is 15.0 Å². The van der Waals surface area contributed by atoms with Gasteiger partial charge in [0, 0.05) is 6.42 Å². The van der Waals surface area contributed by atoms with Gasteiger partial charge in [-0.2, -0.15) is 9.97 Å². The lowest BCUT2D eigenvalue weighted by Gasteiger charge is -2.44. The zero-order valence-corrected chi connectivity index (χ0v) is 24.8. The molecule has 228 valence electrons. The Kier molecular flexibility index (Phi) is 8.72. The van der Waals surface area contributed by atoms with E-state index in [4.69, 9.17) is 33.7 Å². The molecular formula is C27H36N5O9P. The normalized spacial score (nSPS) is 25.7. The highest BCUT2D eigenvalue weighted by molar-refractivity contribution is 7.54. The van der Waals surface area contributed by atoms with Gasteiger partial charge in [-0.15, -0.1) is 0 Å². The first-order valence-electron chi connectivity index (χ1n) is 13.7. The number of aliphatic hydroxyl groups is 1. The van der Waals surface area contributed by atoms with Crippen molar-refractivity contribution in [3.63, 3.8) is 0 Å². The summed E-state index contributed by atoms with van der Waals surface area (Å²) in [6.45, 7) is 5.79. The van der Waals surface area contributed by atoms with Crippen LogP contribution in [0.5, 0.6) is 11.6 Å². The molecule has 2 aromatic heterocycles. The van der Waals surface area contributed by atoms with Crippen molar-refractivity contribution in [2.24, 2.45) is 11.8 Å². The number of ether oxygens (including phenoxy) is 4. The van der Waals surface area contributed by atoms with Crippen molar-refractivity contribution < 1.29 is 42.5 Å². The molecule has 2 saturated heterocycles. The number of carbonyl (C=O) groups excluding carboxylic acids is 1. The zero-order chi connectivity index (χ0) is 30.1. The van der Waals surface area contributed by atoms with Crippen molar-refractivity contribution in [3.8, 4) is 11.6 Å². The van der Waals surface area contributed by atoms with Gasteiger partial charge in [0.2, 0.25) is 11.8 Å². The van der Waals surface area contributed by atoms with Crippen molar-refractivity contribution in [1.82, 2.24) is 19.5 Å². The number of nitrogen functional groups attached to an aromatic ring is 1. The van der Waals surface area contributed by atoms with Crippen LogP contribution in [0, 0.1) is 11.8 Å². The highest BCUT2D eigenvalue weighted by Gasteiger charge is 2.62. The van der Waals surface area contributed by atoms with E-state index in [0.29, 0.717) is 29.9 Å². The molecule has 1 aromatic carbocycles. The second-order valence-electron chi connectivity index (χ2n) is 10.9. The number of esters is 1. The fourth-order valence-electron chi connectivity index (χ4n) is 4.98. The van der Waals surface area contributed by atoms with Crippen LogP contribution in [0.4, 0.5) is 5.95 Å². The third kappa shape index (κ3) is 5.95. The topological polar surface area (TPSA) is 179 Å². The lowest BCUT2D eigenvalue weighted by molar-refractivity contribution is -0.225. The van der Waals surface area contributed by atoms with Gasteiger partial charge >= 0.3 is 13.6 Å². The summed E-state index contributed by atoms with van der Waals surface area (Å²) >= 11 is 0. The maximum Gasteiger partial charge on any atom is 0.380 e. The molecule has 0 aliphatic carbocycles. The molecule has 42 heavy (non-hydrogen) atoms. The number of hydrogen-bond acceptors (Lipinski definition) is 13. The predicted molar refractivity (Wildman–Crippen MR) is 150 cm³/mol. The lowest BCUT2D eigenvalue weighted by Crippen LogP contribution is -2.56. The average molecular weight is 606 g/mol. The van der Waals surface area contributed by atoms with Gasteiger partial charge in [0.1, 0.15) is 23.6 Å². The number of imidazole rings is 1. The number of benzene rings is 1. The van der Waals surface area contributed by atoms with E-state index in [1.807, 2.05) is 13.8 Å². The van der Waals surface area contributed by atoms with Crippen LogP contribution in [0.3, 0.4) is 0 Å². The molecular weight excluding hydrogens is 569 g/mol. The number of nitrogens with zero attached hydrogens (tertiary/aromatic N) is 4. The summed E-state index contributed by atoms with van der Waals surface area (Å²) in [5, 5.41) is 11.4. The van der Waals surface area contributed by atoms with Gasteiger partial charge in [0.25, 0.3) is 0 Å². The summed E-state index contributed by atoms with van der Waals surface area (Å²) < 4.78 is 50.2. The number of para-hydroxylation sites is 1. The number of aliphatic hydroxyl groups excluding tert-OH is 1. The van der Waals surface area contributed by atoms with Gasteiger partial charge < -0.3 is 34.3 Å². The molecule has 3 aromatic rings. The Balaban J connectivity index is 1.37. The van der Waals surface area contributed by atoms with Crippen LogP contribution in [0.25, 0.3) is 11.2 Å². The SMILES string of the molecule is COc1nc(N)nc2c1ncn2C1OC(COP(=O)(C[C@@H](C)C(=O)OCC(C)C)Oc2ccccc2)[C@@H](O)[C@]12CCO2. The largest absolute Gasteiger partial charge is 0.479 e. The summed E-state index contributed by atoms with van der Waals surface area (Å²) in [5.41, 5.74) is 5.45. The number of hydrogen-bond donors (Lipinski definition) is 2. The van der Waals surface area contributed by atoms with Crippen LogP contribution in [-0.4, -0.2) is 81.5 Å². The molecule has 0 saturated carbocycles. The van der Waals surface area contributed by atoms with Crippen molar-refractivity contribution >= 4 is 30.7 Å². The third-order valence-corrected chi connectivity index (χ3v) is 9.20. The van der Waals surface area contributed by atoms with E-state index in [9.17, 15) is 14.5 Å². The summed E-state index contributed by atoms with van der Waals surface area (Å²) in [5.74, 6) is -0.659. The molecule has 4 heterocycles. The molecule has 3 N–H and O–H groups in total. The monoisotopic (exact) mass is 605 g/mol. The Morgan fingerprint density at radius 2 is 2.00 bits per heavy atom. The molecule has 3 unspecified atom stereocenters. The molecule has 6 atom stereocenters. The minimum atomic E-state index is -3.95. The average Bonchev–Trinajstić information content (AvgIpc) is 3.48. The van der Waals surface area contributed by atoms with Gasteiger partial charge in [0.15, 0.2) is 17.4 Å². The summed E-state index contributed by atoms with van der Waals surface area (Å²) in [6.07, 6.45) is -1.27. The van der Waals surface area contributed by atoms with E-state index in [1.54, 1.807) is 41.8 Å². The van der Waals surface area contributed by atoms with E-state index in [2.05, 4.69) is 15.0 Å². The minimum absolute atomic E-state index is 0.0249. The van der Waals surface area contributed by atoms with Crippen LogP contribution in [-0.2, 0) is 28.1 Å². The Hall–Kier alpha value is -3.29. The maximum atomic E-state index is 14.1. The molecule has 5 rings (SSSR count). The van der Waals surface area contributed by atoms with Crippen molar-refractivity contribution in [2.45, 2.75) is 51.2 Å². The van der Waals surface area contributed by atoms with Crippen LogP contribution in [0.1, 0.15) is 33.4 Å². The third-order valence-electron chi connectivity index (χ3n) is 7.17. The first-order valence-corrected chi connectivity index (χ1v) is 15.4. The predicted octanol–water partition coefficient (Wildman–Crippen LogP) is 2.96. The highest BCUT2D eigenvalue weighted by Crippen LogP contribution is 2.53. The van der Waals surface area contributed by atoms with E-state index in [0.717, 1.165) is 0 Å². The molecule has 0 radical (unpaired) electrons. The second-order valence-corrected chi connectivity index (χ2v) is 12.9. The van der Waals surface area contributed by atoms with Crippen molar-refractivity contribution in [2.75, 3.05) is 38.8 Å². The Labute approximate surface area is 243 Å². The Morgan fingerprint density at radius 3 is 2.64 bits per heavy atom. The smallest absolute Gasteiger partial charge is 0.380 e. The standard InChI is InChI=1S/C27H36N5O9P/c1-16(2)12-37-24(34)17(3)14-42(35,41-18-8-6-5-7-9-18)39-13-19-21(33)27(10-11-38-27)25(40-19)32-15-29-20-22(32)30-26(28)31-23(20)36-4/h5-9,15-17,19,21,25,33H,10-14H2,1-4H3,(H2,28,30,31)/t17-,19?,21-,25?,27-,42?/m1/s1. The van der Waals surface area contributed by atoms with E-state index < -0.39 is 43.5 Å². The first kappa shape index (κ1) is 30.2.